The molecule has 0 saturated heterocycles. The molecule has 0 aliphatic carbocycles. The van der Waals surface area contributed by atoms with Crippen LogP contribution < -0.4 is 10.1 Å². The molecule has 3 aromatic rings. The summed E-state index contributed by atoms with van der Waals surface area (Å²) in [5, 5.41) is 14.4. The molecule has 0 spiro atoms. The van der Waals surface area contributed by atoms with Crippen molar-refractivity contribution in [2.45, 2.75) is 6.92 Å². The molecule has 8 heteroatoms. The molecule has 0 bridgehead atoms. The lowest BCUT2D eigenvalue weighted by Crippen LogP contribution is -2.25. The quantitative estimate of drug-likeness (QED) is 0.557. The third kappa shape index (κ3) is 2.91. The molecule has 1 amide bonds. The fourth-order valence-electron chi connectivity index (χ4n) is 2.74. The van der Waals surface area contributed by atoms with Crippen LogP contribution in [0.15, 0.2) is 42.5 Å². The number of nitro groups is 1. The van der Waals surface area contributed by atoms with Gasteiger partial charge in [0.1, 0.15) is 10.8 Å². The molecular formula is C18H13N3O4S. The number of non-ortho nitro benzene ring substituents is 1. The van der Waals surface area contributed by atoms with E-state index in [9.17, 15) is 14.9 Å². The Morgan fingerprint density at radius 1 is 1.19 bits per heavy atom. The number of aromatic nitrogens is 1. The molecule has 4 rings (SSSR count). The van der Waals surface area contributed by atoms with Gasteiger partial charge in [0.2, 0.25) is 0 Å². The molecule has 0 radical (unpaired) electrons. The molecule has 2 aromatic carbocycles. The van der Waals surface area contributed by atoms with Gasteiger partial charge in [-0.05, 0) is 37.3 Å². The number of nitrogens with one attached hydrogen (secondary N) is 1. The first-order chi connectivity index (χ1) is 12.5. The Balaban J connectivity index is 1.70. The number of amides is 1. The SMILES string of the molecule is Cc1sc(-c2ccc([N+](=O)[O-])cc2)nc1-c1ccc2c(c1)NC(=O)CO2. The lowest BCUT2D eigenvalue weighted by Gasteiger charge is -2.18. The van der Waals surface area contributed by atoms with E-state index in [1.54, 1.807) is 12.1 Å². The zero-order valence-electron chi connectivity index (χ0n) is 13.7. The number of ether oxygens (including phenoxy) is 1. The standard InChI is InChI=1S/C18H13N3O4S/c1-10-17(12-4-7-15-14(8-12)19-16(22)9-25-15)20-18(26-10)11-2-5-13(6-3-11)21(23)24/h2-8H,9H2,1H3,(H,19,22). The van der Waals surface area contributed by atoms with Crippen molar-refractivity contribution in [3.63, 3.8) is 0 Å². The predicted octanol–water partition coefficient (Wildman–Crippen LogP) is 4.02. The molecule has 0 atom stereocenters. The summed E-state index contributed by atoms with van der Waals surface area (Å²) in [6.07, 6.45) is 0. The van der Waals surface area contributed by atoms with Crippen LogP contribution in [0.2, 0.25) is 0 Å². The van der Waals surface area contributed by atoms with Crippen LogP contribution >= 0.6 is 11.3 Å². The van der Waals surface area contributed by atoms with Crippen molar-refractivity contribution in [3.05, 3.63) is 57.5 Å². The highest BCUT2D eigenvalue weighted by molar-refractivity contribution is 7.15. The lowest BCUT2D eigenvalue weighted by atomic mass is 10.1. The van der Waals surface area contributed by atoms with Crippen molar-refractivity contribution in [1.29, 1.82) is 0 Å². The Bertz CT molecular complexity index is 1030. The maximum atomic E-state index is 11.5. The van der Waals surface area contributed by atoms with E-state index in [0.29, 0.717) is 11.4 Å². The van der Waals surface area contributed by atoms with Gasteiger partial charge in [-0.3, -0.25) is 14.9 Å². The first-order valence-electron chi connectivity index (χ1n) is 7.80. The van der Waals surface area contributed by atoms with Crippen LogP contribution in [0.4, 0.5) is 11.4 Å². The first kappa shape index (κ1) is 16.2. The summed E-state index contributed by atoms with van der Waals surface area (Å²) in [7, 11) is 0. The Morgan fingerprint density at radius 2 is 1.92 bits per heavy atom. The van der Waals surface area contributed by atoms with E-state index >= 15 is 0 Å². The van der Waals surface area contributed by atoms with Gasteiger partial charge in [-0.25, -0.2) is 4.98 Å². The number of fused-ring (bicyclic) bond motifs is 1. The number of aryl methyl sites for hydroxylation is 1. The zero-order valence-corrected chi connectivity index (χ0v) is 14.5. The topological polar surface area (TPSA) is 94.4 Å². The van der Waals surface area contributed by atoms with E-state index in [1.165, 1.54) is 23.5 Å². The smallest absolute Gasteiger partial charge is 0.269 e. The Kier molecular flexibility index (Phi) is 3.89. The fourth-order valence-corrected chi connectivity index (χ4v) is 3.68. The second kappa shape index (κ2) is 6.23. The lowest BCUT2D eigenvalue weighted by molar-refractivity contribution is -0.384. The molecule has 1 aliphatic heterocycles. The molecule has 1 aromatic heterocycles. The van der Waals surface area contributed by atoms with Gasteiger partial charge in [-0.2, -0.15) is 0 Å². The summed E-state index contributed by atoms with van der Waals surface area (Å²) >= 11 is 1.51. The highest BCUT2D eigenvalue weighted by atomic mass is 32.1. The average molecular weight is 367 g/mol. The van der Waals surface area contributed by atoms with E-state index in [2.05, 4.69) is 10.3 Å². The molecule has 0 unspecified atom stereocenters. The second-order valence-corrected chi connectivity index (χ2v) is 6.98. The molecule has 0 fully saturated rings. The fraction of sp³-hybridized carbons (Fsp3) is 0.111. The van der Waals surface area contributed by atoms with Crippen LogP contribution in [0.25, 0.3) is 21.8 Å². The number of carbonyl (C=O) groups excluding carboxylic acids is 1. The molecule has 26 heavy (non-hydrogen) atoms. The van der Waals surface area contributed by atoms with Crippen molar-refractivity contribution < 1.29 is 14.5 Å². The number of hydrogen-bond donors (Lipinski definition) is 1. The number of nitrogens with zero attached hydrogens (tertiary/aromatic N) is 2. The number of anilines is 1. The number of thiazole rings is 1. The summed E-state index contributed by atoms with van der Waals surface area (Å²) < 4.78 is 5.38. The van der Waals surface area contributed by atoms with Crippen LogP contribution in [-0.2, 0) is 4.79 Å². The van der Waals surface area contributed by atoms with E-state index in [1.807, 2.05) is 25.1 Å². The normalized spacial score (nSPS) is 12.9. The number of hydrogen-bond acceptors (Lipinski definition) is 6. The van der Waals surface area contributed by atoms with Crippen molar-refractivity contribution in [2.75, 3.05) is 11.9 Å². The molecule has 7 nitrogen and oxygen atoms in total. The molecule has 1 aliphatic rings. The number of benzene rings is 2. The third-order valence-electron chi connectivity index (χ3n) is 4.01. The van der Waals surface area contributed by atoms with Gasteiger partial charge in [0.05, 0.1) is 16.3 Å². The minimum absolute atomic E-state index is 0.0202. The summed E-state index contributed by atoms with van der Waals surface area (Å²) in [6.45, 7) is 1.99. The Hall–Kier alpha value is -3.26. The number of carbonyl (C=O) groups is 1. The Morgan fingerprint density at radius 3 is 2.65 bits per heavy atom. The molecule has 0 saturated carbocycles. The maximum absolute atomic E-state index is 11.5. The van der Waals surface area contributed by atoms with E-state index in [-0.39, 0.29) is 18.2 Å². The van der Waals surface area contributed by atoms with Crippen molar-refractivity contribution >= 4 is 28.6 Å². The van der Waals surface area contributed by atoms with Crippen molar-refractivity contribution in [2.24, 2.45) is 0 Å². The van der Waals surface area contributed by atoms with E-state index in [0.717, 1.165) is 26.7 Å². The molecule has 130 valence electrons. The van der Waals surface area contributed by atoms with Gasteiger partial charge in [-0.1, -0.05) is 0 Å². The summed E-state index contributed by atoms with van der Waals surface area (Å²) in [6, 6.07) is 11.9. The van der Waals surface area contributed by atoms with Crippen LogP contribution in [0.1, 0.15) is 4.88 Å². The maximum Gasteiger partial charge on any atom is 0.269 e. The van der Waals surface area contributed by atoms with Crippen LogP contribution in [0.5, 0.6) is 5.75 Å². The molecule has 1 N–H and O–H groups in total. The predicted molar refractivity (Wildman–Crippen MR) is 98.5 cm³/mol. The summed E-state index contributed by atoms with van der Waals surface area (Å²) in [5.74, 6) is 0.452. The summed E-state index contributed by atoms with van der Waals surface area (Å²) in [5.41, 5.74) is 3.18. The van der Waals surface area contributed by atoms with Gasteiger partial charge in [0.15, 0.2) is 6.61 Å². The van der Waals surface area contributed by atoms with Gasteiger partial charge in [0.25, 0.3) is 11.6 Å². The van der Waals surface area contributed by atoms with Gasteiger partial charge in [0, 0.05) is 28.1 Å². The minimum Gasteiger partial charge on any atom is -0.482 e. The summed E-state index contributed by atoms with van der Waals surface area (Å²) in [4.78, 5) is 27.6. The highest BCUT2D eigenvalue weighted by Gasteiger charge is 2.18. The molecular weight excluding hydrogens is 354 g/mol. The van der Waals surface area contributed by atoms with Gasteiger partial charge >= 0.3 is 0 Å². The van der Waals surface area contributed by atoms with Gasteiger partial charge in [-0.15, -0.1) is 11.3 Å². The van der Waals surface area contributed by atoms with Crippen molar-refractivity contribution in [1.82, 2.24) is 4.98 Å². The van der Waals surface area contributed by atoms with E-state index in [4.69, 9.17) is 4.74 Å². The van der Waals surface area contributed by atoms with Crippen LogP contribution in [0.3, 0.4) is 0 Å². The second-order valence-electron chi connectivity index (χ2n) is 5.78. The van der Waals surface area contributed by atoms with Crippen LogP contribution in [0, 0.1) is 17.0 Å². The average Bonchev–Trinajstić information content (AvgIpc) is 3.03. The number of rotatable bonds is 3. The van der Waals surface area contributed by atoms with Crippen LogP contribution in [-0.4, -0.2) is 22.4 Å². The highest BCUT2D eigenvalue weighted by Crippen LogP contribution is 2.37. The van der Waals surface area contributed by atoms with Gasteiger partial charge < -0.3 is 10.1 Å². The largest absolute Gasteiger partial charge is 0.482 e. The monoisotopic (exact) mass is 367 g/mol. The number of nitro benzene ring substituents is 1. The Labute approximate surface area is 152 Å². The minimum atomic E-state index is -0.425. The third-order valence-corrected chi connectivity index (χ3v) is 5.03. The van der Waals surface area contributed by atoms with E-state index < -0.39 is 4.92 Å². The zero-order chi connectivity index (χ0) is 18.3. The molecule has 2 heterocycles. The first-order valence-corrected chi connectivity index (χ1v) is 8.62. The van der Waals surface area contributed by atoms with Crippen molar-refractivity contribution in [3.8, 4) is 27.6 Å².